The van der Waals surface area contributed by atoms with Gasteiger partial charge in [-0.3, -0.25) is 24.3 Å². The molecular formula is C26H24ClN7O7S2. The molecule has 3 aromatic rings. The largest absolute Gasteiger partial charge is 0.477 e. The summed E-state index contributed by atoms with van der Waals surface area (Å²) in [6.07, 6.45) is 1.65. The fraction of sp³-hybridized carbons (Fsp3) is 0.269. The van der Waals surface area contributed by atoms with Gasteiger partial charge >= 0.3 is 11.9 Å². The van der Waals surface area contributed by atoms with Gasteiger partial charge in [0.05, 0.1) is 12.1 Å². The minimum Gasteiger partial charge on any atom is -0.477 e. The number of β-lactam (4-membered cyclic amide) rings is 1. The number of hydrogen-bond acceptors (Lipinski definition) is 13. The van der Waals surface area contributed by atoms with Gasteiger partial charge in [0, 0.05) is 45.9 Å². The number of thiazole rings is 1. The van der Waals surface area contributed by atoms with Crippen molar-refractivity contribution in [3.8, 4) is 0 Å². The fourth-order valence-electron chi connectivity index (χ4n) is 4.41. The Balaban J connectivity index is 1.25. The Labute approximate surface area is 257 Å². The van der Waals surface area contributed by atoms with E-state index in [0.717, 1.165) is 32.8 Å². The number of carboxylic acid groups (broad SMARTS) is 1. The average Bonchev–Trinajstić information content (AvgIpc) is 3.41. The molecular weight excluding hydrogens is 622 g/mol. The van der Waals surface area contributed by atoms with E-state index in [4.69, 9.17) is 26.9 Å². The molecule has 0 unspecified atom stereocenters. The maximum absolute atomic E-state index is 13.3. The van der Waals surface area contributed by atoms with Crippen LogP contribution in [0.3, 0.4) is 0 Å². The van der Waals surface area contributed by atoms with Gasteiger partial charge in [0.1, 0.15) is 36.0 Å². The molecule has 2 atom stereocenters. The van der Waals surface area contributed by atoms with E-state index in [2.05, 4.69) is 25.8 Å². The maximum atomic E-state index is 13.3. The van der Waals surface area contributed by atoms with E-state index in [9.17, 15) is 24.3 Å². The summed E-state index contributed by atoms with van der Waals surface area (Å²) in [4.78, 5) is 64.4. The number of carbonyl (C=O) groups excluding carboxylic acids is 3. The molecule has 43 heavy (non-hydrogen) atoms. The van der Waals surface area contributed by atoms with Crippen LogP contribution in [0, 0.1) is 0 Å². The van der Waals surface area contributed by atoms with Gasteiger partial charge in [0.25, 0.3) is 11.8 Å². The van der Waals surface area contributed by atoms with Gasteiger partial charge in [-0.25, -0.2) is 9.78 Å². The summed E-state index contributed by atoms with van der Waals surface area (Å²) in [5, 5.41) is 22.1. The molecule has 2 aliphatic rings. The van der Waals surface area contributed by atoms with E-state index in [1.165, 1.54) is 24.1 Å². The third-order valence-electron chi connectivity index (χ3n) is 6.34. The van der Waals surface area contributed by atoms with Crippen molar-refractivity contribution in [2.45, 2.75) is 18.3 Å². The Morgan fingerprint density at radius 2 is 2.12 bits per heavy atom. The number of benzene rings is 1. The molecule has 0 saturated carbocycles. The van der Waals surface area contributed by atoms with Crippen molar-refractivity contribution in [2.24, 2.45) is 5.16 Å². The Morgan fingerprint density at radius 1 is 1.30 bits per heavy atom. The Kier molecular flexibility index (Phi) is 8.98. The lowest BCUT2D eigenvalue weighted by molar-refractivity contribution is -0.150. The molecule has 1 aromatic carbocycles. The summed E-state index contributed by atoms with van der Waals surface area (Å²) in [5.74, 6) is -3.10. The standard InChI is InChI=1S/C26H24ClN7O7S2/c1-12(35)40-9-13-10-42-24-20(23(37)34(24)21(13)25(38)39)32-22(36)19(18-11-43-26(28)31-18)33-41-7-6-30-16-4-5-29-17-8-14(27)2-3-15(16)17/h2-5,8,11,20,24H,6-7,9-10H2,1H3,(H2,28,31)(H,29,30)(H,32,36)(H,38,39)/b33-19+/t20-,24-/m1/s1. The maximum Gasteiger partial charge on any atom is 0.352 e. The van der Waals surface area contributed by atoms with Gasteiger partial charge in [0.15, 0.2) is 10.8 Å². The first kappa shape index (κ1) is 30.1. The van der Waals surface area contributed by atoms with E-state index in [0.29, 0.717) is 11.6 Å². The number of thioether (sulfide) groups is 1. The van der Waals surface area contributed by atoms with Crippen molar-refractivity contribution < 1.29 is 33.9 Å². The molecule has 2 aromatic heterocycles. The molecule has 224 valence electrons. The third kappa shape index (κ3) is 6.50. The number of carboxylic acids is 1. The molecule has 0 radical (unpaired) electrons. The number of nitrogens with one attached hydrogen (secondary N) is 2. The van der Waals surface area contributed by atoms with Gasteiger partial charge in [-0.2, -0.15) is 0 Å². The summed E-state index contributed by atoms with van der Waals surface area (Å²) < 4.78 is 4.94. The zero-order valence-corrected chi connectivity index (χ0v) is 24.8. The quantitative estimate of drug-likeness (QED) is 0.0779. The zero-order valence-electron chi connectivity index (χ0n) is 22.4. The first-order valence-corrected chi connectivity index (χ1v) is 15.0. The molecule has 1 fully saturated rings. The van der Waals surface area contributed by atoms with Gasteiger partial charge in [0.2, 0.25) is 0 Å². The highest BCUT2D eigenvalue weighted by Gasteiger charge is 2.54. The van der Waals surface area contributed by atoms with Crippen molar-refractivity contribution in [3.63, 3.8) is 0 Å². The highest BCUT2D eigenvalue weighted by atomic mass is 35.5. The van der Waals surface area contributed by atoms with E-state index in [-0.39, 0.29) is 46.8 Å². The number of anilines is 2. The Morgan fingerprint density at radius 3 is 2.84 bits per heavy atom. The molecule has 2 aliphatic heterocycles. The molecule has 5 N–H and O–H groups in total. The number of carbonyl (C=O) groups is 4. The summed E-state index contributed by atoms with van der Waals surface area (Å²) >= 11 is 8.39. The number of rotatable bonds is 11. The lowest BCUT2D eigenvalue weighted by atomic mass is 10.0. The highest BCUT2D eigenvalue weighted by molar-refractivity contribution is 8.00. The number of aromatic nitrogens is 2. The predicted molar refractivity (Wildman–Crippen MR) is 161 cm³/mol. The van der Waals surface area contributed by atoms with Crippen LogP contribution < -0.4 is 16.4 Å². The van der Waals surface area contributed by atoms with E-state index < -0.39 is 35.2 Å². The minimum absolute atomic E-state index is 0.0697. The van der Waals surface area contributed by atoms with Gasteiger partial charge in [-0.1, -0.05) is 16.8 Å². The number of oxime groups is 1. The molecule has 2 amide bonds. The number of pyridine rings is 1. The Bertz CT molecular complexity index is 1680. The second-order valence-corrected chi connectivity index (χ2v) is 11.6. The zero-order chi connectivity index (χ0) is 30.7. The summed E-state index contributed by atoms with van der Waals surface area (Å²) in [6.45, 7) is 1.35. The van der Waals surface area contributed by atoms with Crippen LogP contribution in [0.2, 0.25) is 5.02 Å². The summed E-state index contributed by atoms with van der Waals surface area (Å²) in [6, 6.07) is 6.15. The molecule has 0 bridgehead atoms. The predicted octanol–water partition coefficient (Wildman–Crippen LogP) is 2.06. The normalized spacial score (nSPS) is 18.1. The van der Waals surface area contributed by atoms with Crippen molar-refractivity contribution in [2.75, 3.05) is 36.6 Å². The molecule has 0 aliphatic carbocycles. The van der Waals surface area contributed by atoms with Crippen LogP contribution in [0.1, 0.15) is 12.6 Å². The van der Waals surface area contributed by atoms with Crippen LogP contribution >= 0.6 is 34.7 Å². The fourth-order valence-corrected chi connectivity index (χ4v) is 6.45. The number of halogens is 1. The third-order valence-corrected chi connectivity index (χ3v) is 8.58. The van der Waals surface area contributed by atoms with Crippen LogP contribution in [-0.2, 0) is 28.8 Å². The van der Waals surface area contributed by atoms with Crippen LogP contribution in [0.5, 0.6) is 0 Å². The monoisotopic (exact) mass is 645 g/mol. The highest BCUT2D eigenvalue weighted by Crippen LogP contribution is 2.40. The molecule has 17 heteroatoms. The summed E-state index contributed by atoms with van der Waals surface area (Å²) in [7, 11) is 0. The van der Waals surface area contributed by atoms with Crippen molar-refractivity contribution in [1.29, 1.82) is 0 Å². The van der Waals surface area contributed by atoms with Crippen molar-refractivity contribution in [1.82, 2.24) is 20.2 Å². The number of esters is 1. The average molecular weight is 646 g/mol. The van der Waals surface area contributed by atoms with Crippen molar-refractivity contribution >= 4 is 85.9 Å². The number of nitrogens with zero attached hydrogens (tertiary/aromatic N) is 4. The first-order chi connectivity index (χ1) is 20.6. The first-order valence-electron chi connectivity index (χ1n) is 12.7. The topological polar surface area (TPSA) is 198 Å². The minimum atomic E-state index is -1.34. The second kappa shape index (κ2) is 12.8. The molecule has 5 rings (SSSR count). The van der Waals surface area contributed by atoms with Crippen molar-refractivity contribution in [3.05, 3.63) is 57.8 Å². The molecule has 14 nitrogen and oxygen atoms in total. The Hall–Kier alpha value is -4.41. The van der Waals surface area contributed by atoms with E-state index in [1.807, 2.05) is 12.1 Å². The van der Waals surface area contributed by atoms with E-state index >= 15 is 0 Å². The number of fused-ring (bicyclic) bond motifs is 2. The molecule has 4 heterocycles. The lowest BCUT2D eigenvalue weighted by Gasteiger charge is -2.49. The SMILES string of the molecule is CC(=O)OCC1=C(C(=O)O)N2C(=O)[C@@H](NC(=O)/C(=N/OCCNc3ccnc4cc(Cl)ccc34)c3csc(N)n3)[C@H]2SC1. The number of nitrogens with two attached hydrogens (primary N) is 1. The summed E-state index contributed by atoms with van der Waals surface area (Å²) in [5.41, 5.74) is 7.27. The van der Waals surface area contributed by atoms with Crippen LogP contribution in [-0.4, -0.2) is 86.4 Å². The van der Waals surface area contributed by atoms with Crippen LogP contribution in [0.4, 0.5) is 10.8 Å². The molecule has 0 spiro atoms. The number of amides is 2. The van der Waals surface area contributed by atoms with Crippen LogP contribution in [0.25, 0.3) is 10.9 Å². The molecule has 1 saturated heterocycles. The number of hydrogen-bond donors (Lipinski definition) is 4. The van der Waals surface area contributed by atoms with E-state index in [1.54, 1.807) is 18.3 Å². The van der Waals surface area contributed by atoms with Crippen LogP contribution in [0.15, 0.2) is 52.3 Å². The van der Waals surface area contributed by atoms with Gasteiger partial charge in [-0.05, 0) is 24.3 Å². The number of nitrogen functional groups attached to an aromatic ring is 1. The number of aliphatic carboxylic acids is 1. The van der Waals surface area contributed by atoms with Gasteiger partial charge in [-0.15, -0.1) is 23.1 Å². The smallest absolute Gasteiger partial charge is 0.352 e. The van der Waals surface area contributed by atoms with Gasteiger partial charge < -0.3 is 31.0 Å². The second-order valence-electron chi connectivity index (χ2n) is 9.19. The number of ether oxygens (including phenoxy) is 1. The lowest BCUT2D eigenvalue weighted by Crippen LogP contribution is -2.71.